The molecule has 1 atom stereocenters. The molecule has 7 nitrogen and oxygen atoms in total. The number of carbonyl (C=O) groups is 1. The number of nitro groups is 1. The Morgan fingerprint density at radius 2 is 1.87 bits per heavy atom. The van der Waals surface area contributed by atoms with Gasteiger partial charge >= 0.3 is 0 Å². The van der Waals surface area contributed by atoms with Crippen LogP contribution < -0.4 is 10.6 Å². The minimum atomic E-state index is -0.444. The third-order valence-electron chi connectivity index (χ3n) is 4.65. The Bertz CT molecular complexity index is 1100. The smallest absolute Gasteiger partial charge is 0.269 e. The third-order valence-corrected chi connectivity index (χ3v) is 5.68. The topological polar surface area (TPSA) is 97.4 Å². The first kappa shape index (κ1) is 19.8. The molecule has 1 aliphatic rings. The largest absolute Gasteiger partial charge is 0.457 e. The van der Waals surface area contributed by atoms with Gasteiger partial charge in [0, 0.05) is 29.5 Å². The van der Waals surface area contributed by atoms with Gasteiger partial charge in [0.1, 0.15) is 11.5 Å². The summed E-state index contributed by atoms with van der Waals surface area (Å²) in [4.78, 5) is 23.2. The summed E-state index contributed by atoms with van der Waals surface area (Å²) in [6, 6.07) is 17.8. The Kier molecular flexibility index (Phi) is 5.58. The van der Waals surface area contributed by atoms with Gasteiger partial charge in [-0.1, -0.05) is 30.8 Å². The van der Waals surface area contributed by atoms with E-state index in [1.54, 1.807) is 30.3 Å². The minimum absolute atomic E-state index is 0.0227. The molecule has 0 radical (unpaired) electrons. The lowest BCUT2D eigenvalue weighted by molar-refractivity contribution is -0.384. The quantitative estimate of drug-likeness (QED) is 0.330. The number of nitrogens with one attached hydrogen (secondary N) is 2. The van der Waals surface area contributed by atoms with Crippen LogP contribution in [0.3, 0.4) is 0 Å². The number of thioether (sulfide) groups is 1. The SMILES string of the molecule is CCc1ccc(N[C@H]2NC(=O)/C(=C\c3ccc(-c4ccc([N+](=O)[O-])cc4)o3)S2)cc1. The van der Waals surface area contributed by atoms with Crippen LogP contribution in [0.4, 0.5) is 11.4 Å². The van der Waals surface area contributed by atoms with Crippen LogP contribution in [0.25, 0.3) is 17.4 Å². The van der Waals surface area contributed by atoms with Crippen LogP contribution in [0.15, 0.2) is 70.0 Å². The van der Waals surface area contributed by atoms with E-state index in [4.69, 9.17) is 4.42 Å². The zero-order valence-corrected chi connectivity index (χ0v) is 16.9. The molecule has 0 unspecified atom stereocenters. The molecular formula is C22H19N3O4S. The van der Waals surface area contributed by atoms with E-state index in [1.807, 2.05) is 12.1 Å². The first-order chi connectivity index (χ1) is 14.5. The molecule has 4 rings (SSSR count). The average Bonchev–Trinajstić information content (AvgIpc) is 3.35. The number of rotatable bonds is 6. The van der Waals surface area contributed by atoms with Crippen LogP contribution in [0.5, 0.6) is 0 Å². The lowest BCUT2D eigenvalue weighted by Crippen LogP contribution is -2.30. The van der Waals surface area contributed by atoms with E-state index in [0.29, 0.717) is 16.4 Å². The molecular weight excluding hydrogens is 402 g/mol. The van der Waals surface area contributed by atoms with Crippen LogP contribution in [0.2, 0.25) is 0 Å². The molecule has 0 saturated carbocycles. The highest BCUT2D eigenvalue weighted by Crippen LogP contribution is 2.32. The number of nitro benzene ring substituents is 1. The van der Waals surface area contributed by atoms with Crippen molar-refractivity contribution in [2.45, 2.75) is 18.8 Å². The lowest BCUT2D eigenvalue weighted by Gasteiger charge is -2.12. The third kappa shape index (κ3) is 4.38. The zero-order chi connectivity index (χ0) is 21.1. The minimum Gasteiger partial charge on any atom is -0.457 e. The maximum atomic E-state index is 12.3. The van der Waals surface area contributed by atoms with E-state index < -0.39 is 4.92 Å². The Labute approximate surface area is 177 Å². The molecule has 0 aliphatic carbocycles. The van der Waals surface area contributed by atoms with Gasteiger partial charge in [0.05, 0.1) is 9.83 Å². The summed E-state index contributed by atoms with van der Waals surface area (Å²) in [5, 5.41) is 17.0. The molecule has 152 valence electrons. The van der Waals surface area contributed by atoms with Crippen LogP contribution in [-0.4, -0.2) is 16.3 Å². The van der Waals surface area contributed by atoms with Crippen molar-refractivity contribution in [1.82, 2.24) is 5.32 Å². The highest BCUT2D eigenvalue weighted by atomic mass is 32.2. The van der Waals surface area contributed by atoms with E-state index in [9.17, 15) is 14.9 Å². The number of benzene rings is 2. The van der Waals surface area contributed by atoms with Gasteiger partial charge in [-0.15, -0.1) is 0 Å². The first-order valence-corrected chi connectivity index (χ1v) is 10.3. The van der Waals surface area contributed by atoms with Gasteiger partial charge in [-0.3, -0.25) is 14.9 Å². The number of nitrogens with zero attached hydrogens (tertiary/aromatic N) is 1. The highest BCUT2D eigenvalue weighted by Gasteiger charge is 2.27. The van der Waals surface area contributed by atoms with Gasteiger partial charge in [-0.05, 0) is 48.4 Å². The molecule has 0 bridgehead atoms. The highest BCUT2D eigenvalue weighted by molar-refractivity contribution is 8.05. The number of non-ortho nitro benzene ring substituents is 1. The first-order valence-electron chi connectivity index (χ1n) is 9.41. The van der Waals surface area contributed by atoms with Crippen molar-refractivity contribution >= 4 is 35.1 Å². The number of hydrogen-bond acceptors (Lipinski definition) is 6. The van der Waals surface area contributed by atoms with Crippen molar-refractivity contribution in [3.05, 3.63) is 87.0 Å². The molecule has 1 aliphatic heterocycles. The lowest BCUT2D eigenvalue weighted by atomic mass is 10.1. The van der Waals surface area contributed by atoms with Gasteiger partial charge in [-0.2, -0.15) is 0 Å². The second kappa shape index (κ2) is 8.46. The molecule has 3 aromatic rings. The zero-order valence-electron chi connectivity index (χ0n) is 16.1. The van der Waals surface area contributed by atoms with Gasteiger partial charge in [0.15, 0.2) is 5.50 Å². The Hall–Kier alpha value is -3.52. The van der Waals surface area contributed by atoms with Gasteiger partial charge in [0.2, 0.25) is 0 Å². The molecule has 1 amide bonds. The predicted octanol–water partition coefficient (Wildman–Crippen LogP) is 5.02. The van der Waals surface area contributed by atoms with Crippen molar-refractivity contribution in [2.24, 2.45) is 0 Å². The second-order valence-corrected chi connectivity index (χ2v) is 7.83. The van der Waals surface area contributed by atoms with E-state index in [2.05, 4.69) is 29.7 Å². The number of hydrogen-bond donors (Lipinski definition) is 2. The van der Waals surface area contributed by atoms with E-state index >= 15 is 0 Å². The summed E-state index contributed by atoms with van der Waals surface area (Å²) >= 11 is 1.38. The normalized spacial score (nSPS) is 17.2. The van der Waals surface area contributed by atoms with E-state index in [-0.39, 0.29) is 17.1 Å². The summed E-state index contributed by atoms with van der Waals surface area (Å²) in [5.74, 6) is 0.941. The second-order valence-electron chi connectivity index (χ2n) is 6.68. The van der Waals surface area contributed by atoms with Crippen LogP contribution in [-0.2, 0) is 11.2 Å². The fourth-order valence-electron chi connectivity index (χ4n) is 3.02. The number of furan rings is 1. The Morgan fingerprint density at radius 1 is 1.13 bits per heavy atom. The van der Waals surface area contributed by atoms with Crippen molar-refractivity contribution < 1.29 is 14.1 Å². The molecule has 2 N–H and O–H groups in total. The van der Waals surface area contributed by atoms with Crippen molar-refractivity contribution in [3.8, 4) is 11.3 Å². The molecule has 30 heavy (non-hydrogen) atoms. The average molecular weight is 421 g/mol. The fraction of sp³-hybridized carbons (Fsp3) is 0.136. The maximum Gasteiger partial charge on any atom is 0.269 e. The van der Waals surface area contributed by atoms with Crippen molar-refractivity contribution in [1.29, 1.82) is 0 Å². The van der Waals surface area contributed by atoms with Crippen molar-refractivity contribution in [2.75, 3.05) is 5.32 Å². The molecule has 1 saturated heterocycles. The molecule has 8 heteroatoms. The molecule has 1 aromatic heterocycles. The molecule has 2 aromatic carbocycles. The summed E-state index contributed by atoms with van der Waals surface area (Å²) in [7, 11) is 0. The fourth-order valence-corrected chi connectivity index (χ4v) is 3.98. The maximum absolute atomic E-state index is 12.3. The Balaban J connectivity index is 1.44. The van der Waals surface area contributed by atoms with E-state index in [1.165, 1.54) is 29.5 Å². The van der Waals surface area contributed by atoms with Gasteiger partial charge < -0.3 is 15.1 Å². The number of aryl methyl sites for hydroxylation is 1. The summed E-state index contributed by atoms with van der Waals surface area (Å²) < 4.78 is 5.80. The van der Waals surface area contributed by atoms with Gasteiger partial charge in [-0.25, -0.2) is 0 Å². The standard InChI is InChI=1S/C22H19N3O4S/c1-2-14-3-7-16(8-4-14)23-22-24-21(26)20(30-22)13-18-11-12-19(29-18)15-5-9-17(10-6-15)25(27)28/h3-13,22-23H,2H2,1H3,(H,24,26)/b20-13+/t22-/m0/s1. The summed E-state index contributed by atoms with van der Waals surface area (Å²) in [6.45, 7) is 2.11. The van der Waals surface area contributed by atoms with Crippen molar-refractivity contribution in [3.63, 3.8) is 0 Å². The van der Waals surface area contributed by atoms with Gasteiger partial charge in [0.25, 0.3) is 11.6 Å². The van der Waals surface area contributed by atoms with Crippen LogP contribution in [0, 0.1) is 10.1 Å². The molecule has 1 fully saturated rings. The molecule has 2 heterocycles. The predicted molar refractivity (Wildman–Crippen MR) is 118 cm³/mol. The summed E-state index contributed by atoms with van der Waals surface area (Å²) in [6.07, 6.45) is 2.67. The monoisotopic (exact) mass is 421 g/mol. The number of anilines is 1. The van der Waals surface area contributed by atoms with Crippen LogP contribution >= 0.6 is 11.8 Å². The number of amides is 1. The molecule has 0 spiro atoms. The van der Waals surface area contributed by atoms with E-state index in [0.717, 1.165) is 17.7 Å². The summed E-state index contributed by atoms with van der Waals surface area (Å²) in [5.41, 5.74) is 2.68. The number of carbonyl (C=O) groups excluding carboxylic acids is 1. The Morgan fingerprint density at radius 3 is 2.53 bits per heavy atom. The van der Waals surface area contributed by atoms with Crippen LogP contribution in [0.1, 0.15) is 18.2 Å².